The third-order valence-electron chi connectivity index (χ3n) is 1.34. The second kappa shape index (κ2) is 12.0. The maximum Gasteiger partial charge on any atom is 0.142 e. The second-order valence-electron chi connectivity index (χ2n) is 2.51. The molecule has 0 bridgehead atoms. The summed E-state index contributed by atoms with van der Waals surface area (Å²) in [5.74, 6) is 0. The van der Waals surface area contributed by atoms with Crippen molar-refractivity contribution in [2.75, 3.05) is 0 Å². The molecule has 0 aromatic heterocycles. The first-order valence-corrected chi connectivity index (χ1v) is 4.62. The Balaban J connectivity index is 3.69. The van der Waals surface area contributed by atoms with Crippen molar-refractivity contribution in [1.82, 2.24) is 0 Å². The molecule has 2 heteroatoms. The summed E-state index contributed by atoms with van der Waals surface area (Å²) in [6.07, 6.45) is 19.7. The van der Waals surface area contributed by atoms with Crippen LogP contribution in [0.2, 0.25) is 0 Å². The predicted molar refractivity (Wildman–Crippen MR) is 62.4 cm³/mol. The lowest BCUT2D eigenvalue weighted by Crippen LogP contribution is -1.63. The molecule has 15 heavy (non-hydrogen) atoms. The lowest BCUT2D eigenvalue weighted by molar-refractivity contribution is -0.107. The zero-order chi connectivity index (χ0) is 11.2. The van der Waals surface area contributed by atoms with Crippen molar-refractivity contribution in [3.8, 4) is 0 Å². The fourth-order valence-electron chi connectivity index (χ4n) is 0.707. The van der Waals surface area contributed by atoms with E-state index in [2.05, 4.69) is 0 Å². The van der Waals surface area contributed by atoms with Crippen LogP contribution in [0.4, 0.5) is 0 Å². The molecule has 0 spiro atoms. The van der Waals surface area contributed by atoms with Gasteiger partial charge in [0, 0.05) is 6.42 Å². The molecule has 0 heterocycles. The van der Waals surface area contributed by atoms with Gasteiger partial charge in [-0.15, -0.1) is 0 Å². The molecule has 0 radical (unpaired) electrons. The maximum atomic E-state index is 9.94. The summed E-state index contributed by atoms with van der Waals surface area (Å²) in [6, 6.07) is 0. The van der Waals surface area contributed by atoms with E-state index in [1.54, 1.807) is 18.2 Å². The molecule has 0 aliphatic heterocycles. The number of rotatable bonds is 7. The third-order valence-corrected chi connectivity index (χ3v) is 1.34. The highest BCUT2D eigenvalue weighted by atomic mass is 16.1. The van der Waals surface area contributed by atoms with Gasteiger partial charge in [-0.3, -0.25) is 4.79 Å². The topological polar surface area (TPSA) is 34.1 Å². The smallest absolute Gasteiger partial charge is 0.142 e. The average molecular weight is 202 g/mol. The van der Waals surface area contributed by atoms with Crippen LogP contribution in [0.5, 0.6) is 0 Å². The van der Waals surface area contributed by atoms with Crippen LogP contribution in [0.15, 0.2) is 60.8 Å². The average Bonchev–Trinajstić information content (AvgIpc) is 2.26. The van der Waals surface area contributed by atoms with Gasteiger partial charge in [0.25, 0.3) is 0 Å². The van der Waals surface area contributed by atoms with Gasteiger partial charge in [-0.1, -0.05) is 54.7 Å². The largest absolute Gasteiger partial charge is 0.303 e. The van der Waals surface area contributed by atoms with Gasteiger partial charge in [-0.05, 0) is 6.08 Å². The maximum absolute atomic E-state index is 9.94. The molecule has 0 atom stereocenters. The van der Waals surface area contributed by atoms with E-state index >= 15 is 0 Å². The molecule has 0 saturated carbocycles. The molecule has 0 rings (SSSR count). The molecule has 0 aromatic carbocycles. The molecule has 0 unspecified atom stereocenters. The molecule has 0 aromatic rings. The first-order valence-electron chi connectivity index (χ1n) is 4.62. The molecule has 0 N–H and O–H groups in total. The highest BCUT2D eigenvalue weighted by Gasteiger charge is 1.67. The van der Waals surface area contributed by atoms with E-state index in [1.807, 2.05) is 36.5 Å². The SMILES string of the molecule is O=CC=CC=CC=CC=CC=CCC=O. The van der Waals surface area contributed by atoms with Gasteiger partial charge in [-0.2, -0.15) is 0 Å². The van der Waals surface area contributed by atoms with Gasteiger partial charge in [0.1, 0.15) is 12.6 Å². The van der Waals surface area contributed by atoms with Crippen LogP contribution in [0.25, 0.3) is 0 Å². The van der Waals surface area contributed by atoms with Gasteiger partial charge in [0.15, 0.2) is 0 Å². The fraction of sp³-hybridized carbons (Fsp3) is 0.0769. The van der Waals surface area contributed by atoms with Crippen molar-refractivity contribution in [2.24, 2.45) is 0 Å². The van der Waals surface area contributed by atoms with Gasteiger partial charge in [-0.25, -0.2) is 0 Å². The Morgan fingerprint density at radius 2 is 1.07 bits per heavy atom. The van der Waals surface area contributed by atoms with Crippen molar-refractivity contribution >= 4 is 12.6 Å². The number of hydrogen-bond acceptors (Lipinski definition) is 2. The lowest BCUT2D eigenvalue weighted by Gasteiger charge is -1.74. The number of carbonyl (C=O) groups excluding carboxylic acids is 2. The molecular weight excluding hydrogens is 188 g/mol. The Morgan fingerprint density at radius 1 is 0.600 bits per heavy atom. The predicted octanol–water partition coefficient (Wildman–Crippen LogP) is 2.56. The Hall–Kier alpha value is -1.96. The van der Waals surface area contributed by atoms with E-state index in [4.69, 9.17) is 0 Å². The van der Waals surface area contributed by atoms with Crippen molar-refractivity contribution in [1.29, 1.82) is 0 Å². The number of aldehydes is 2. The number of hydrogen-bond donors (Lipinski definition) is 0. The van der Waals surface area contributed by atoms with Gasteiger partial charge in [0.2, 0.25) is 0 Å². The Bertz CT molecular complexity index is 304. The minimum absolute atomic E-state index is 0.449. The minimum atomic E-state index is 0.449. The lowest BCUT2D eigenvalue weighted by atomic mass is 10.3. The van der Waals surface area contributed by atoms with Crippen LogP contribution >= 0.6 is 0 Å². The van der Waals surface area contributed by atoms with E-state index in [0.717, 1.165) is 12.6 Å². The summed E-state index contributed by atoms with van der Waals surface area (Å²) in [4.78, 5) is 19.8. The van der Waals surface area contributed by atoms with Gasteiger partial charge in [0.05, 0.1) is 0 Å². The summed E-state index contributed by atoms with van der Waals surface area (Å²) in [6.45, 7) is 0. The van der Waals surface area contributed by atoms with Crippen molar-refractivity contribution in [2.45, 2.75) is 6.42 Å². The molecular formula is C13H14O2. The van der Waals surface area contributed by atoms with E-state index in [9.17, 15) is 9.59 Å². The van der Waals surface area contributed by atoms with Crippen molar-refractivity contribution < 1.29 is 9.59 Å². The molecule has 0 aliphatic rings. The van der Waals surface area contributed by atoms with Crippen LogP contribution in [-0.2, 0) is 9.59 Å². The second-order valence-corrected chi connectivity index (χ2v) is 2.51. The van der Waals surface area contributed by atoms with Gasteiger partial charge < -0.3 is 4.79 Å². The van der Waals surface area contributed by atoms with Crippen LogP contribution in [-0.4, -0.2) is 12.6 Å². The molecule has 0 aliphatic carbocycles. The quantitative estimate of drug-likeness (QED) is 0.361. The summed E-state index contributed by atoms with van der Waals surface area (Å²) >= 11 is 0. The molecule has 2 nitrogen and oxygen atoms in total. The Kier molecular flexibility index (Phi) is 10.5. The summed E-state index contributed by atoms with van der Waals surface area (Å²) < 4.78 is 0. The van der Waals surface area contributed by atoms with Crippen molar-refractivity contribution in [3.05, 3.63) is 60.8 Å². The van der Waals surface area contributed by atoms with Crippen LogP contribution < -0.4 is 0 Å². The highest BCUT2D eigenvalue weighted by Crippen LogP contribution is 1.84. The summed E-state index contributed by atoms with van der Waals surface area (Å²) in [5, 5.41) is 0. The summed E-state index contributed by atoms with van der Waals surface area (Å²) in [5.41, 5.74) is 0. The number of carbonyl (C=O) groups is 2. The van der Waals surface area contributed by atoms with E-state index in [-0.39, 0.29) is 0 Å². The summed E-state index contributed by atoms with van der Waals surface area (Å²) in [7, 11) is 0. The number of allylic oxidation sites excluding steroid dienone is 10. The standard InChI is InChI=1S/C13H14O2/c14-12-10-8-6-4-2-1-3-5-7-9-11-13-15/h1-10,12-13H,11H2. The Labute approximate surface area is 90.0 Å². The zero-order valence-corrected chi connectivity index (χ0v) is 8.45. The van der Waals surface area contributed by atoms with E-state index in [1.165, 1.54) is 6.08 Å². The van der Waals surface area contributed by atoms with E-state index < -0.39 is 0 Å². The molecule has 0 saturated heterocycles. The first-order chi connectivity index (χ1) is 7.41. The zero-order valence-electron chi connectivity index (χ0n) is 8.45. The van der Waals surface area contributed by atoms with Gasteiger partial charge >= 0.3 is 0 Å². The normalized spacial score (nSPS) is 12.8. The fourth-order valence-corrected chi connectivity index (χ4v) is 0.707. The Morgan fingerprint density at radius 3 is 1.53 bits per heavy atom. The van der Waals surface area contributed by atoms with E-state index in [0.29, 0.717) is 6.42 Å². The monoisotopic (exact) mass is 202 g/mol. The molecule has 0 fully saturated rings. The highest BCUT2D eigenvalue weighted by molar-refractivity contribution is 5.65. The first kappa shape index (κ1) is 13.0. The molecule has 78 valence electrons. The minimum Gasteiger partial charge on any atom is -0.303 e. The van der Waals surface area contributed by atoms with Crippen LogP contribution in [0.1, 0.15) is 6.42 Å². The van der Waals surface area contributed by atoms with Crippen molar-refractivity contribution in [3.63, 3.8) is 0 Å². The molecule has 0 amide bonds. The van der Waals surface area contributed by atoms with Crippen LogP contribution in [0.3, 0.4) is 0 Å². The third kappa shape index (κ3) is 12.0. The van der Waals surface area contributed by atoms with Crippen LogP contribution in [0, 0.1) is 0 Å².